The highest BCUT2D eigenvalue weighted by atomic mass is 19.4. The molecule has 2 amide bonds. The van der Waals surface area contributed by atoms with Crippen LogP contribution in [0.4, 0.5) is 13.2 Å². The number of likely N-dealkylation sites (tertiary alicyclic amines) is 1. The summed E-state index contributed by atoms with van der Waals surface area (Å²) in [4.78, 5) is 26.2. The van der Waals surface area contributed by atoms with Crippen LogP contribution in [0.1, 0.15) is 16.9 Å². The summed E-state index contributed by atoms with van der Waals surface area (Å²) in [5, 5.41) is 0. The minimum atomic E-state index is -4.43. The fourth-order valence-corrected chi connectivity index (χ4v) is 2.46. The van der Waals surface area contributed by atoms with Crippen molar-refractivity contribution in [2.24, 2.45) is 7.05 Å². The number of alkyl halides is 3. The number of likely N-dealkylation sites (N-methyl/N-ethyl adjacent to an activating group) is 1. The van der Waals surface area contributed by atoms with Gasteiger partial charge in [-0.15, -0.1) is 0 Å². The molecule has 0 aromatic carbocycles. The SMILES string of the molecule is CN(C(=O)c1cccn1C)[C@@H]1CCN(CC(F)(F)F)C1=O. The first-order valence-corrected chi connectivity index (χ1v) is 6.45. The van der Waals surface area contributed by atoms with Crippen molar-refractivity contribution in [1.82, 2.24) is 14.4 Å². The number of halogens is 3. The highest BCUT2D eigenvalue weighted by molar-refractivity contribution is 5.96. The van der Waals surface area contributed by atoms with E-state index in [9.17, 15) is 22.8 Å². The zero-order valence-corrected chi connectivity index (χ0v) is 11.7. The predicted molar refractivity (Wildman–Crippen MR) is 68.5 cm³/mol. The molecule has 0 saturated carbocycles. The summed E-state index contributed by atoms with van der Waals surface area (Å²) in [5.41, 5.74) is 0.388. The second-order valence-corrected chi connectivity index (χ2v) is 5.10. The second-order valence-electron chi connectivity index (χ2n) is 5.10. The maximum Gasteiger partial charge on any atom is 0.406 e. The molecule has 0 aliphatic carbocycles. The molecular formula is C13H16F3N3O2. The smallest absolute Gasteiger partial charge is 0.347 e. The molecule has 116 valence electrons. The summed E-state index contributed by atoms with van der Waals surface area (Å²) in [6, 6.07) is 2.45. The molecule has 1 fully saturated rings. The summed E-state index contributed by atoms with van der Waals surface area (Å²) >= 11 is 0. The molecule has 21 heavy (non-hydrogen) atoms. The molecule has 1 saturated heterocycles. The van der Waals surface area contributed by atoms with Gasteiger partial charge in [0.25, 0.3) is 5.91 Å². The van der Waals surface area contributed by atoms with Crippen LogP contribution in [0.15, 0.2) is 18.3 Å². The molecule has 1 aromatic rings. The van der Waals surface area contributed by atoms with Crippen molar-refractivity contribution in [3.05, 3.63) is 24.0 Å². The third kappa shape index (κ3) is 3.20. The van der Waals surface area contributed by atoms with Crippen molar-refractivity contribution < 1.29 is 22.8 Å². The maximum atomic E-state index is 12.4. The van der Waals surface area contributed by atoms with Crippen LogP contribution in [-0.2, 0) is 11.8 Å². The first kappa shape index (κ1) is 15.4. The van der Waals surface area contributed by atoms with E-state index in [1.165, 1.54) is 11.9 Å². The minimum Gasteiger partial charge on any atom is -0.347 e. The van der Waals surface area contributed by atoms with Crippen molar-refractivity contribution in [1.29, 1.82) is 0 Å². The molecule has 2 heterocycles. The van der Waals surface area contributed by atoms with Crippen molar-refractivity contribution in [2.75, 3.05) is 20.1 Å². The van der Waals surface area contributed by atoms with Gasteiger partial charge in [0, 0.05) is 26.8 Å². The largest absolute Gasteiger partial charge is 0.406 e. The lowest BCUT2D eigenvalue weighted by Gasteiger charge is -2.24. The van der Waals surface area contributed by atoms with E-state index in [4.69, 9.17) is 0 Å². The van der Waals surface area contributed by atoms with Crippen LogP contribution < -0.4 is 0 Å². The molecule has 1 aliphatic rings. The molecule has 0 radical (unpaired) electrons. The van der Waals surface area contributed by atoms with Crippen LogP contribution in [0.2, 0.25) is 0 Å². The van der Waals surface area contributed by atoms with Gasteiger partial charge in [-0.25, -0.2) is 0 Å². The van der Waals surface area contributed by atoms with Crippen molar-refractivity contribution >= 4 is 11.8 Å². The summed E-state index contributed by atoms with van der Waals surface area (Å²) in [7, 11) is 3.13. The minimum absolute atomic E-state index is 0.00771. The molecular weight excluding hydrogens is 287 g/mol. The summed E-state index contributed by atoms with van der Waals surface area (Å²) < 4.78 is 38.7. The highest BCUT2D eigenvalue weighted by Crippen LogP contribution is 2.23. The van der Waals surface area contributed by atoms with E-state index < -0.39 is 24.7 Å². The molecule has 1 atom stereocenters. The van der Waals surface area contributed by atoms with Crippen LogP contribution in [-0.4, -0.2) is 58.5 Å². The van der Waals surface area contributed by atoms with Crippen molar-refractivity contribution in [2.45, 2.75) is 18.6 Å². The molecule has 5 nitrogen and oxygen atoms in total. The van der Waals surface area contributed by atoms with E-state index in [2.05, 4.69) is 0 Å². The Morgan fingerprint density at radius 3 is 2.67 bits per heavy atom. The molecule has 0 unspecified atom stereocenters. The van der Waals surface area contributed by atoms with Gasteiger partial charge in [0.2, 0.25) is 5.91 Å². The Kier molecular flexibility index (Phi) is 3.97. The van der Waals surface area contributed by atoms with E-state index in [0.717, 1.165) is 4.90 Å². The van der Waals surface area contributed by atoms with Crippen LogP contribution in [0, 0.1) is 0 Å². The van der Waals surface area contributed by atoms with Crippen molar-refractivity contribution in [3.63, 3.8) is 0 Å². The van der Waals surface area contributed by atoms with Gasteiger partial charge in [-0.1, -0.05) is 0 Å². The fourth-order valence-electron chi connectivity index (χ4n) is 2.46. The maximum absolute atomic E-state index is 12.4. The van der Waals surface area contributed by atoms with Gasteiger partial charge in [-0.2, -0.15) is 13.2 Å². The number of amides is 2. The quantitative estimate of drug-likeness (QED) is 0.844. The lowest BCUT2D eigenvalue weighted by Crippen LogP contribution is -2.45. The summed E-state index contributed by atoms with van der Waals surface area (Å²) in [5.74, 6) is -1.04. The molecule has 1 aromatic heterocycles. The van der Waals surface area contributed by atoms with Gasteiger partial charge < -0.3 is 14.4 Å². The van der Waals surface area contributed by atoms with Crippen LogP contribution in [0.25, 0.3) is 0 Å². The number of aryl methyl sites for hydroxylation is 1. The monoisotopic (exact) mass is 303 g/mol. The number of carbonyl (C=O) groups excluding carboxylic acids is 2. The Balaban J connectivity index is 2.08. The molecule has 0 N–H and O–H groups in total. The Morgan fingerprint density at radius 2 is 2.14 bits per heavy atom. The number of nitrogens with zero attached hydrogens (tertiary/aromatic N) is 3. The van der Waals surface area contributed by atoms with Crippen LogP contribution in [0.5, 0.6) is 0 Å². The Morgan fingerprint density at radius 1 is 1.48 bits per heavy atom. The highest BCUT2D eigenvalue weighted by Gasteiger charge is 2.42. The van der Waals surface area contributed by atoms with Crippen molar-refractivity contribution in [3.8, 4) is 0 Å². The normalized spacial score (nSPS) is 19.2. The van der Waals surface area contributed by atoms with E-state index in [0.29, 0.717) is 5.69 Å². The number of carbonyl (C=O) groups is 2. The Bertz CT molecular complexity index is 553. The summed E-state index contributed by atoms with van der Waals surface area (Å²) in [6.45, 7) is -1.26. The first-order chi connectivity index (χ1) is 9.70. The van der Waals surface area contributed by atoms with E-state index in [1.807, 2.05) is 0 Å². The molecule has 8 heteroatoms. The number of hydrogen-bond acceptors (Lipinski definition) is 2. The van der Waals surface area contributed by atoms with Gasteiger partial charge in [-0.05, 0) is 18.6 Å². The lowest BCUT2D eigenvalue weighted by molar-refractivity contribution is -0.158. The standard InChI is InChI=1S/C13H16F3N3O2/c1-17-6-3-4-9(17)11(20)18(2)10-5-7-19(12(10)21)8-13(14,15)16/h3-4,6,10H,5,7-8H2,1-2H3/t10-/m1/s1. The third-order valence-corrected chi connectivity index (χ3v) is 3.59. The first-order valence-electron chi connectivity index (χ1n) is 6.45. The lowest BCUT2D eigenvalue weighted by atomic mass is 10.2. The van der Waals surface area contributed by atoms with Gasteiger partial charge in [0.15, 0.2) is 0 Å². The zero-order valence-electron chi connectivity index (χ0n) is 11.7. The number of rotatable bonds is 3. The second kappa shape index (κ2) is 5.42. The van der Waals surface area contributed by atoms with E-state index >= 15 is 0 Å². The zero-order chi connectivity index (χ0) is 15.8. The van der Waals surface area contributed by atoms with Gasteiger partial charge >= 0.3 is 6.18 Å². The van der Waals surface area contributed by atoms with E-state index in [-0.39, 0.29) is 18.9 Å². The Labute approximate surface area is 119 Å². The van der Waals surface area contributed by atoms with Gasteiger partial charge in [-0.3, -0.25) is 9.59 Å². The average molecular weight is 303 g/mol. The third-order valence-electron chi connectivity index (χ3n) is 3.59. The van der Waals surface area contributed by atoms with Gasteiger partial charge in [0.1, 0.15) is 18.3 Å². The van der Waals surface area contributed by atoms with Crippen LogP contribution in [0.3, 0.4) is 0 Å². The average Bonchev–Trinajstić information content (AvgIpc) is 2.94. The Hall–Kier alpha value is -1.99. The molecule has 0 spiro atoms. The molecule has 2 rings (SSSR count). The van der Waals surface area contributed by atoms with Crippen LogP contribution >= 0.6 is 0 Å². The fraction of sp³-hybridized carbons (Fsp3) is 0.538. The topological polar surface area (TPSA) is 45.6 Å². The van der Waals surface area contributed by atoms with E-state index in [1.54, 1.807) is 29.9 Å². The summed E-state index contributed by atoms with van der Waals surface area (Å²) in [6.07, 6.45) is -2.53. The number of hydrogen-bond donors (Lipinski definition) is 0. The number of aromatic nitrogens is 1. The van der Waals surface area contributed by atoms with Gasteiger partial charge in [0.05, 0.1) is 0 Å². The molecule has 1 aliphatic heterocycles. The predicted octanol–water partition coefficient (Wildman–Crippen LogP) is 1.26. The molecule has 0 bridgehead atoms.